The number of guanidine groups is 1. The molecule has 2 aromatic rings. The second-order valence-electron chi connectivity index (χ2n) is 6.73. The number of aliphatic imine (C=N–C) groups is 1. The van der Waals surface area contributed by atoms with Crippen molar-refractivity contribution >= 4 is 29.9 Å². The first-order valence-corrected chi connectivity index (χ1v) is 9.86. The molecule has 0 aliphatic rings. The Bertz CT molecular complexity index is 763. The van der Waals surface area contributed by atoms with Gasteiger partial charge in [-0.2, -0.15) is 5.10 Å². The number of hydrogen-bond acceptors (Lipinski definition) is 4. The highest BCUT2D eigenvalue weighted by atomic mass is 127. The van der Waals surface area contributed by atoms with E-state index in [1.807, 2.05) is 42.8 Å². The summed E-state index contributed by atoms with van der Waals surface area (Å²) in [6, 6.07) is 9.75. The van der Waals surface area contributed by atoms with Gasteiger partial charge >= 0.3 is 0 Å². The van der Waals surface area contributed by atoms with E-state index in [1.54, 1.807) is 7.11 Å². The van der Waals surface area contributed by atoms with E-state index in [2.05, 4.69) is 40.6 Å². The number of nitrogens with zero attached hydrogens (tertiary/aromatic N) is 3. The van der Waals surface area contributed by atoms with Crippen LogP contribution in [0.4, 0.5) is 0 Å². The maximum atomic E-state index is 5.96. The van der Waals surface area contributed by atoms with E-state index in [9.17, 15) is 0 Å². The summed E-state index contributed by atoms with van der Waals surface area (Å²) in [5.74, 6) is 2.26. The molecule has 1 atom stereocenters. The average Bonchev–Trinajstić information content (AvgIpc) is 3.00. The molecule has 1 heterocycles. The van der Waals surface area contributed by atoms with Gasteiger partial charge in [0.1, 0.15) is 6.10 Å². The third kappa shape index (κ3) is 8.51. The number of ether oxygens (including phenoxy) is 2. The van der Waals surface area contributed by atoms with Crippen molar-refractivity contribution in [3.05, 3.63) is 41.7 Å². The molecular formula is C21H34IN5O2. The highest BCUT2D eigenvalue weighted by Crippen LogP contribution is 2.26. The van der Waals surface area contributed by atoms with Crippen molar-refractivity contribution in [1.29, 1.82) is 0 Å². The second kappa shape index (κ2) is 13.3. The third-order valence-corrected chi connectivity index (χ3v) is 4.19. The fourth-order valence-corrected chi connectivity index (χ4v) is 2.87. The fraction of sp³-hybridized carbons (Fsp3) is 0.524. The molecule has 7 nitrogen and oxygen atoms in total. The van der Waals surface area contributed by atoms with Crippen LogP contribution in [-0.2, 0) is 6.54 Å². The number of aryl methyl sites for hydroxylation is 3. The highest BCUT2D eigenvalue weighted by molar-refractivity contribution is 14.0. The highest BCUT2D eigenvalue weighted by Gasteiger charge is 2.08. The minimum Gasteiger partial charge on any atom is -0.493 e. The van der Waals surface area contributed by atoms with Gasteiger partial charge < -0.3 is 20.1 Å². The number of halogens is 1. The van der Waals surface area contributed by atoms with Crippen molar-refractivity contribution in [2.45, 2.75) is 46.8 Å². The molecule has 0 aliphatic carbocycles. The van der Waals surface area contributed by atoms with Crippen molar-refractivity contribution in [3.63, 3.8) is 0 Å². The van der Waals surface area contributed by atoms with Gasteiger partial charge in [0.15, 0.2) is 17.5 Å². The van der Waals surface area contributed by atoms with Gasteiger partial charge in [-0.15, -0.1) is 24.0 Å². The Hall–Kier alpha value is -1.97. The minimum atomic E-state index is -0.0681. The van der Waals surface area contributed by atoms with Crippen LogP contribution < -0.4 is 20.1 Å². The van der Waals surface area contributed by atoms with E-state index in [4.69, 9.17) is 9.47 Å². The Kier molecular flexibility index (Phi) is 11.5. The van der Waals surface area contributed by atoms with Crippen molar-refractivity contribution in [3.8, 4) is 11.5 Å². The Morgan fingerprint density at radius 3 is 2.55 bits per heavy atom. The van der Waals surface area contributed by atoms with E-state index in [0.717, 1.165) is 49.2 Å². The summed E-state index contributed by atoms with van der Waals surface area (Å²) < 4.78 is 13.3. The van der Waals surface area contributed by atoms with Crippen molar-refractivity contribution in [2.24, 2.45) is 4.99 Å². The number of rotatable bonds is 10. The average molecular weight is 515 g/mol. The van der Waals surface area contributed by atoms with Gasteiger partial charge in [0.2, 0.25) is 0 Å². The van der Waals surface area contributed by atoms with E-state index < -0.39 is 0 Å². The lowest BCUT2D eigenvalue weighted by atomic mass is 10.3. The van der Waals surface area contributed by atoms with Crippen molar-refractivity contribution in [2.75, 3.05) is 26.7 Å². The first-order chi connectivity index (χ1) is 13.5. The lowest BCUT2D eigenvalue weighted by Gasteiger charge is -2.16. The normalized spacial score (nSPS) is 12.1. The topological polar surface area (TPSA) is 72.7 Å². The number of benzene rings is 1. The first-order valence-electron chi connectivity index (χ1n) is 9.86. The maximum absolute atomic E-state index is 5.96. The Balaban J connectivity index is 0.00000420. The fourth-order valence-electron chi connectivity index (χ4n) is 2.87. The van der Waals surface area contributed by atoms with Gasteiger partial charge in [0.05, 0.1) is 19.3 Å². The quantitative estimate of drug-likeness (QED) is 0.219. The SMILES string of the molecule is CCNC(=NCC(C)Oc1ccccc1OC)NCCCn1nc(C)cc1C.I. The predicted molar refractivity (Wildman–Crippen MR) is 129 cm³/mol. The molecule has 0 saturated heterocycles. The number of hydrogen-bond donors (Lipinski definition) is 2. The molecular weight excluding hydrogens is 481 g/mol. The molecule has 0 bridgehead atoms. The Labute approximate surface area is 191 Å². The zero-order valence-electron chi connectivity index (χ0n) is 18.1. The largest absolute Gasteiger partial charge is 0.493 e. The Morgan fingerprint density at radius 2 is 1.93 bits per heavy atom. The molecule has 29 heavy (non-hydrogen) atoms. The van der Waals surface area contributed by atoms with Crippen LogP contribution in [0.5, 0.6) is 11.5 Å². The van der Waals surface area contributed by atoms with Crippen LogP contribution in [0.25, 0.3) is 0 Å². The minimum absolute atomic E-state index is 0. The summed E-state index contributed by atoms with van der Waals surface area (Å²) >= 11 is 0. The molecule has 0 amide bonds. The Morgan fingerprint density at radius 1 is 1.21 bits per heavy atom. The molecule has 1 unspecified atom stereocenters. The van der Waals surface area contributed by atoms with Crippen LogP contribution in [0, 0.1) is 13.8 Å². The maximum Gasteiger partial charge on any atom is 0.191 e. The van der Waals surface area contributed by atoms with Gasteiger partial charge in [-0.1, -0.05) is 12.1 Å². The first kappa shape index (κ1) is 25.1. The summed E-state index contributed by atoms with van der Waals surface area (Å²) in [5.41, 5.74) is 2.25. The molecule has 0 aliphatic heterocycles. The molecule has 0 spiro atoms. The van der Waals surface area contributed by atoms with Gasteiger partial charge in [0, 0.05) is 25.3 Å². The zero-order chi connectivity index (χ0) is 20.4. The van der Waals surface area contributed by atoms with Crippen LogP contribution in [0.2, 0.25) is 0 Å². The summed E-state index contributed by atoms with van der Waals surface area (Å²) in [7, 11) is 1.64. The lowest BCUT2D eigenvalue weighted by molar-refractivity contribution is 0.219. The molecule has 0 fully saturated rings. The number of aromatic nitrogens is 2. The van der Waals surface area contributed by atoms with E-state index in [1.165, 1.54) is 5.69 Å². The third-order valence-electron chi connectivity index (χ3n) is 4.19. The van der Waals surface area contributed by atoms with Crippen LogP contribution in [0.3, 0.4) is 0 Å². The monoisotopic (exact) mass is 515 g/mol. The molecule has 162 valence electrons. The van der Waals surface area contributed by atoms with Crippen molar-refractivity contribution in [1.82, 2.24) is 20.4 Å². The number of para-hydroxylation sites is 2. The van der Waals surface area contributed by atoms with Gasteiger partial charge in [-0.3, -0.25) is 4.68 Å². The standard InChI is InChI=1S/C21H33N5O2.HI/c1-6-22-21(23-12-9-13-26-17(3)14-16(2)25-26)24-15-18(4)28-20-11-8-7-10-19(20)27-5;/h7-8,10-11,14,18H,6,9,12-13,15H2,1-5H3,(H2,22,23,24);1H. The summed E-state index contributed by atoms with van der Waals surface area (Å²) in [6.07, 6.45) is 0.904. The molecule has 0 radical (unpaired) electrons. The van der Waals surface area contributed by atoms with Crippen molar-refractivity contribution < 1.29 is 9.47 Å². The zero-order valence-corrected chi connectivity index (χ0v) is 20.4. The number of methoxy groups -OCH3 is 1. The van der Waals surface area contributed by atoms with Crippen LogP contribution in [0.1, 0.15) is 31.7 Å². The van der Waals surface area contributed by atoms with E-state index in [-0.39, 0.29) is 30.1 Å². The summed E-state index contributed by atoms with van der Waals surface area (Å²) in [5, 5.41) is 11.1. The molecule has 0 saturated carbocycles. The van der Waals surface area contributed by atoms with Crippen LogP contribution >= 0.6 is 24.0 Å². The molecule has 1 aromatic heterocycles. The molecule has 2 N–H and O–H groups in total. The van der Waals surface area contributed by atoms with Crippen LogP contribution in [0.15, 0.2) is 35.3 Å². The molecule has 2 rings (SSSR count). The van der Waals surface area contributed by atoms with E-state index in [0.29, 0.717) is 6.54 Å². The van der Waals surface area contributed by atoms with E-state index >= 15 is 0 Å². The molecule has 8 heteroatoms. The smallest absolute Gasteiger partial charge is 0.191 e. The lowest BCUT2D eigenvalue weighted by Crippen LogP contribution is -2.38. The number of nitrogens with one attached hydrogen (secondary N) is 2. The van der Waals surface area contributed by atoms with Gasteiger partial charge in [-0.05, 0) is 52.3 Å². The van der Waals surface area contributed by atoms with Gasteiger partial charge in [-0.25, -0.2) is 4.99 Å². The summed E-state index contributed by atoms with van der Waals surface area (Å²) in [6.45, 7) is 11.2. The van der Waals surface area contributed by atoms with Gasteiger partial charge in [0.25, 0.3) is 0 Å². The van der Waals surface area contributed by atoms with Crippen LogP contribution in [-0.4, -0.2) is 48.6 Å². The predicted octanol–water partition coefficient (Wildman–Crippen LogP) is 3.54. The second-order valence-corrected chi connectivity index (χ2v) is 6.73. The molecule has 1 aromatic carbocycles. The summed E-state index contributed by atoms with van der Waals surface area (Å²) in [4.78, 5) is 4.64.